The number of carbonyl (C=O) groups is 1. The number of alkyl carbamates (subject to hydrolysis) is 1. The maximum absolute atomic E-state index is 11.3. The number of hydrogen-bond donors (Lipinski definition) is 1. The van der Waals surface area contributed by atoms with Crippen molar-refractivity contribution >= 4 is 22.0 Å². The maximum Gasteiger partial charge on any atom is 0.407 e. The van der Waals surface area contributed by atoms with Crippen LogP contribution >= 0.6 is 15.9 Å². The lowest BCUT2D eigenvalue weighted by atomic mass is 10.2. The van der Waals surface area contributed by atoms with Gasteiger partial charge in [-0.3, -0.25) is 0 Å². The summed E-state index contributed by atoms with van der Waals surface area (Å²) in [4.78, 5) is 11.3. The van der Waals surface area contributed by atoms with Crippen LogP contribution in [0.25, 0.3) is 0 Å². The average molecular weight is 286 g/mol. The topological polar surface area (TPSA) is 38.3 Å². The standard InChI is InChI=1S/C12H16BrNO2/c1-10(7-13)8-14-12(15)16-9-11-5-3-2-4-6-11/h2-6,10H,7-9H2,1H3,(H,14,15). The molecule has 0 saturated carbocycles. The molecule has 1 rings (SSSR count). The summed E-state index contributed by atoms with van der Waals surface area (Å²) in [7, 11) is 0. The Labute approximate surface area is 104 Å². The first kappa shape index (κ1) is 13.0. The zero-order chi connectivity index (χ0) is 11.8. The Morgan fingerprint density at radius 2 is 2.12 bits per heavy atom. The van der Waals surface area contributed by atoms with Gasteiger partial charge in [0.05, 0.1) is 0 Å². The number of hydrogen-bond acceptors (Lipinski definition) is 2. The fourth-order valence-corrected chi connectivity index (χ4v) is 1.32. The van der Waals surface area contributed by atoms with Gasteiger partial charge in [-0.1, -0.05) is 53.2 Å². The van der Waals surface area contributed by atoms with E-state index in [9.17, 15) is 4.79 Å². The predicted molar refractivity (Wildman–Crippen MR) is 67.6 cm³/mol. The molecule has 16 heavy (non-hydrogen) atoms. The van der Waals surface area contributed by atoms with Gasteiger partial charge in [0, 0.05) is 11.9 Å². The Hall–Kier alpha value is -1.03. The van der Waals surface area contributed by atoms with Crippen LogP contribution < -0.4 is 5.32 Å². The van der Waals surface area contributed by atoms with E-state index in [1.54, 1.807) is 0 Å². The minimum Gasteiger partial charge on any atom is -0.445 e. The summed E-state index contributed by atoms with van der Waals surface area (Å²) in [5.41, 5.74) is 0.992. The molecule has 0 radical (unpaired) electrons. The van der Waals surface area contributed by atoms with Gasteiger partial charge in [-0.25, -0.2) is 4.79 Å². The van der Waals surface area contributed by atoms with Crippen LogP contribution in [-0.4, -0.2) is 18.0 Å². The minimum atomic E-state index is -0.364. The number of carbonyl (C=O) groups excluding carboxylic acids is 1. The molecule has 0 heterocycles. The van der Waals surface area contributed by atoms with E-state index in [1.807, 2.05) is 37.3 Å². The molecular weight excluding hydrogens is 270 g/mol. The predicted octanol–water partition coefficient (Wildman–Crippen LogP) is 2.94. The maximum atomic E-state index is 11.3. The number of alkyl halides is 1. The molecule has 0 bridgehead atoms. The lowest BCUT2D eigenvalue weighted by Gasteiger charge is -2.10. The molecule has 0 saturated heterocycles. The molecule has 1 aromatic carbocycles. The summed E-state index contributed by atoms with van der Waals surface area (Å²) in [5.74, 6) is 0.407. The van der Waals surface area contributed by atoms with Crippen molar-refractivity contribution < 1.29 is 9.53 Å². The Bertz CT molecular complexity index is 316. The smallest absolute Gasteiger partial charge is 0.407 e. The highest BCUT2D eigenvalue weighted by atomic mass is 79.9. The largest absolute Gasteiger partial charge is 0.445 e. The van der Waals surface area contributed by atoms with Crippen LogP contribution in [0.4, 0.5) is 4.79 Å². The SMILES string of the molecule is CC(CBr)CNC(=O)OCc1ccccc1. The second kappa shape index (κ2) is 7.28. The Morgan fingerprint density at radius 3 is 2.75 bits per heavy atom. The van der Waals surface area contributed by atoms with Crippen molar-refractivity contribution in [3.63, 3.8) is 0 Å². The van der Waals surface area contributed by atoms with Gasteiger partial charge in [0.1, 0.15) is 6.61 Å². The van der Waals surface area contributed by atoms with Crippen LogP contribution in [-0.2, 0) is 11.3 Å². The van der Waals surface area contributed by atoms with Gasteiger partial charge in [-0.2, -0.15) is 0 Å². The molecule has 1 amide bonds. The lowest BCUT2D eigenvalue weighted by Crippen LogP contribution is -2.29. The van der Waals surface area contributed by atoms with Gasteiger partial charge < -0.3 is 10.1 Å². The quantitative estimate of drug-likeness (QED) is 0.845. The number of benzene rings is 1. The second-order valence-electron chi connectivity index (χ2n) is 3.70. The van der Waals surface area contributed by atoms with Crippen molar-refractivity contribution in [2.24, 2.45) is 5.92 Å². The van der Waals surface area contributed by atoms with E-state index in [4.69, 9.17) is 4.74 Å². The third-order valence-corrected chi connectivity index (χ3v) is 3.18. The summed E-state index contributed by atoms with van der Waals surface area (Å²) in [6.45, 7) is 2.99. The molecule has 0 fully saturated rings. The molecular formula is C12H16BrNO2. The number of ether oxygens (including phenoxy) is 1. The molecule has 3 nitrogen and oxygen atoms in total. The highest BCUT2D eigenvalue weighted by Crippen LogP contribution is 2.01. The molecule has 88 valence electrons. The molecule has 1 unspecified atom stereocenters. The molecule has 0 aromatic heterocycles. The van der Waals surface area contributed by atoms with Gasteiger partial charge in [0.2, 0.25) is 0 Å². The van der Waals surface area contributed by atoms with E-state index < -0.39 is 0 Å². The minimum absolute atomic E-state index is 0.315. The van der Waals surface area contributed by atoms with Crippen LogP contribution in [0.5, 0.6) is 0 Å². The van der Waals surface area contributed by atoms with Crippen LogP contribution in [0.2, 0.25) is 0 Å². The van der Waals surface area contributed by atoms with Gasteiger partial charge in [-0.05, 0) is 11.5 Å². The van der Waals surface area contributed by atoms with E-state index in [1.165, 1.54) is 0 Å². The monoisotopic (exact) mass is 285 g/mol. The third-order valence-electron chi connectivity index (χ3n) is 2.07. The van der Waals surface area contributed by atoms with Crippen molar-refractivity contribution in [1.82, 2.24) is 5.32 Å². The molecule has 1 N–H and O–H groups in total. The molecule has 0 spiro atoms. The highest BCUT2D eigenvalue weighted by Gasteiger charge is 2.04. The molecule has 0 aliphatic heterocycles. The summed E-state index contributed by atoms with van der Waals surface area (Å²) in [6, 6.07) is 9.62. The molecule has 1 aromatic rings. The first-order valence-electron chi connectivity index (χ1n) is 5.23. The number of amides is 1. The van der Waals surface area contributed by atoms with Crippen molar-refractivity contribution in [1.29, 1.82) is 0 Å². The summed E-state index contributed by atoms with van der Waals surface area (Å²) >= 11 is 3.35. The van der Waals surface area contributed by atoms with Crippen LogP contribution in [0.3, 0.4) is 0 Å². The van der Waals surface area contributed by atoms with Crippen LogP contribution in [0, 0.1) is 5.92 Å². The van der Waals surface area contributed by atoms with Gasteiger partial charge in [0.15, 0.2) is 0 Å². The fraction of sp³-hybridized carbons (Fsp3) is 0.417. The normalized spacial score (nSPS) is 11.9. The lowest BCUT2D eigenvalue weighted by molar-refractivity contribution is 0.138. The second-order valence-corrected chi connectivity index (χ2v) is 4.35. The highest BCUT2D eigenvalue weighted by molar-refractivity contribution is 9.09. The van der Waals surface area contributed by atoms with Crippen molar-refractivity contribution in [2.45, 2.75) is 13.5 Å². The van der Waals surface area contributed by atoms with Gasteiger partial charge in [-0.15, -0.1) is 0 Å². The van der Waals surface area contributed by atoms with Gasteiger partial charge in [0.25, 0.3) is 0 Å². The van der Waals surface area contributed by atoms with E-state index in [0.717, 1.165) is 10.9 Å². The summed E-state index contributed by atoms with van der Waals surface area (Å²) in [6.07, 6.45) is -0.364. The first-order chi connectivity index (χ1) is 7.72. The molecule has 4 heteroatoms. The Morgan fingerprint density at radius 1 is 1.44 bits per heavy atom. The first-order valence-corrected chi connectivity index (χ1v) is 6.35. The van der Waals surface area contributed by atoms with Crippen molar-refractivity contribution in [2.75, 3.05) is 11.9 Å². The van der Waals surface area contributed by atoms with Crippen molar-refractivity contribution in [3.05, 3.63) is 35.9 Å². The Kier molecular flexibility index (Phi) is 5.93. The number of rotatable bonds is 5. The molecule has 0 aliphatic rings. The van der Waals surface area contributed by atoms with Crippen LogP contribution in [0.15, 0.2) is 30.3 Å². The summed E-state index contributed by atoms with van der Waals surface area (Å²) in [5, 5.41) is 3.58. The zero-order valence-electron chi connectivity index (χ0n) is 9.28. The molecule has 0 aliphatic carbocycles. The Balaban J connectivity index is 2.20. The zero-order valence-corrected chi connectivity index (χ0v) is 10.9. The third kappa shape index (κ3) is 5.16. The van der Waals surface area contributed by atoms with E-state index in [-0.39, 0.29) is 6.09 Å². The van der Waals surface area contributed by atoms with Crippen molar-refractivity contribution in [3.8, 4) is 0 Å². The van der Waals surface area contributed by atoms with E-state index in [2.05, 4.69) is 21.2 Å². The van der Waals surface area contributed by atoms with E-state index >= 15 is 0 Å². The average Bonchev–Trinajstić information content (AvgIpc) is 2.34. The number of halogens is 1. The van der Waals surface area contributed by atoms with Crippen LogP contribution in [0.1, 0.15) is 12.5 Å². The molecule has 1 atom stereocenters. The van der Waals surface area contributed by atoms with Gasteiger partial charge >= 0.3 is 6.09 Å². The fourth-order valence-electron chi connectivity index (χ4n) is 1.09. The summed E-state index contributed by atoms with van der Waals surface area (Å²) < 4.78 is 5.06. The number of nitrogens with one attached hydrogen (secondary N) is 1. The van der Waals surface area contributed by atoms with E-state index in [0.29, 0.717) is 19.1 Å².